The normalized spacial score (nSPS) is 13.5. The Hall–Kier alpha value is -1.05. The van der Waals surface area contributed by atoms with Crippen molar-refractivity contribution in [1.29, 1.82) is 0 Å². The highest BCUT2D eigenvalue weighted by Crippen LogP contribution is 2.24. The van der Waals surface area contributed by atoms with Crippen LogP contribution in [0.4, 0.5) is 0 Å². The lowest BCUT2D eigenvalue weighted by atomic mass is 9.94. The predicted molar refractivity (Wildman–Crippen MR) is 105 cm³/mol. The van der Waals surface area contributed by atoms with Crippen LogP contribution in [0.3, 0.4) is 0 Å². The smallest absolute Gasteiger partial charge is 0.303 e. The van der Waals surface area contributed by atoms with E-state index in [4.69, 9.17) is 5.11 Å². The number of carbonyl (C=O) groups is 1. The average molecular weight is 337 g/mol. The Morgan fingerprint density at radius 3 is 1.42 bits per heavy atom. The highest BCUT2D eigenvalue weighted by Gasteiger charge is 2.04. The number of carboxylic acids is 1. The molecule has 0 atom stereocenters. The van der Waals surface area contributed by atoms with Crippen LogP contribution in [0.1, 0.15) is 112 Å². The van der Waals surface area contributed by atoms with Crippen LogP contribution in [0, 0.1) is 0 Å². The minimum Gasteiger partial charge on any atom is -0.481 e. The Labute approximate surface area is 150 Å². The maximum absolute atomic E-state index is 10.5. The molecule has 1 N–H and O–H groups in total. The predicted octanol–water partition coefficient (Wildman–Crippen LogP) is 7.44. The van der Waals surface area contributed by atoms with Crippen LogP contribution in [0.25, 0.3) is 0 Å². The summed E-state index contributed by atoms with van der Waals surface area (Å²) >= 11 is 0. The van der Waals surface area contributed by atoms with Crippen LogP contribution in [0.15, 0.2) is 22.3 Å². The Morgan fingerprint density at radius 1 is 0.625 bits per heavy atom. The molecule has 0 aromatic heterocycles. The molecule has 0 amide bonds. The number of unbranched alkanes of at least 4 members (excludes halogenated alkanes) is 7. The largest absolute Gasteiger partial charge is 0.481 e. The molecule has 0 unspecified atom stereocenters. The molecule has 0 rings (SSSR count). The summed E-state index contributed by atoms with van der Waals surface area (Å²) in [5, 5.41) is 8.62. The Morgan fingerprint density at radius 2 is 1.00 bits per heavy atom. The first kappa shape index (κ1) is 22.9. The van der Waals surface area contributed by atoms with Gasteiger partial charge in [-0.15, -0.1) is 0 Å². The number of carboxylic acid groups (broad SMARTS) is 1. The van der Waals surface area contributed by atoms with Crippen molar-refractivity contribution in [1.82, 2.24) is 0 Å². The van der Waals surface area contributed by atoms with Crippen molar-refractivity contribution in [2.75, 3.05) is 0 Å². The second-order valence-electron chi connectivity index (χ2n) is 7.28. The number of hydrogen-bond acceptors (Lipinski definition) is 1. The first-order valence-corrected chi connectivity index (χ1v) is 9.95. The zero-order valence-corrected chi connectivity index (χ0v) is 16.8. The van der Waals surface area contributed by atoms with E-state index in [1.165, 1.54) is 68.1 Å². The third-order valence-electron chi connectivity index (χ3n) is 5.19. The molecule has 0 bridgehead atoms. The Kier molecular flexibility index (Phi) is 13.7. The van der Waals surface area contributed by atoms with Crippen LogP contribution in [-0.4, -0.2) is 11.1 Å². The first-order chi connectivity index (χ1) is 11.4. The first-order valence-electron chi connectivity index (χ1n) is 9.95. The molecule has 0 saturated heterocycles. The molecule has 2 heteroatoms. The molecule has 0 heterocycles. The molecule has 0 fully saturated rings. The molecule has 0 spiro atoms. The second-order valence-corrected chi connectivity index (χ2v) is 7.28. The Bertz CT molecular complexity index is 416. The van der Waals surface area contributed by atoms with Crippen LogP contribution >= 0.6 is 0 Å². The topological polar surface area (TPSA) is 37.3 Å². The maximum atomic E-state index is 10.5. The van der Waals surface area contributed by atoms with Crippen molar-refractivity contribution < 1.29 is 9.90 Å². The SMILES string of the molecule is CCCCCC/C(C)=C(C)\C(C)=C(/C)CCCCCCCC(=O)O. The molecule has 0 radical (unpaired) electrons. The minimum absolute atomic E-state index is 0.319. The number of rotatable bonds is 14. The lowest BCUT2D eigenvalue weighted by Crippen LogP contribution is -1.94. The second kappa shape index (κ2) is 14.3. The molecule has 0 aromatic carbocycles. The van der Waals surface area contributed by atoms with Gasteiger partial charge in [-0.05, 0) is 70.9 Å². The summed E-state index contributed by atoms with van der Waals surface area (Å²) in [5.41, 5.74) is 6.04. The third-order valence-corrected chi connectivity index (χ3v) is 5.19. The maximum Gasteiger partial charge on any atom is 0.303 e. The van der Waals surface area contributed by atoms with Crippen molar-refractivity contribution in [2.45, 2.75) is 112 Å². The molecule has 0 aliphatic heterocycles. The lowest BCUT2D eigenvalue weighted by molar-refractivity contribution is -0.137. The molecule has 0 aromatic rings. The summed E-state index contributed by atoms with van der Waals surface area (Å²) in [6.45, 7) is 11.4. The standard InChI is InChI=1S/C22H40O2/c1-6-7-8-12-15-18(2)20(4)21(5)19(3)16-13-10-9-11-14-17-22(23)24/h6-17H2,1-5H3,(H,23,24)/b20-18-,21-19+. The van der Waals surface area contributed by atoms with Gasteiger partial charge in [-0.2, -0.15) is 0 Å². The third kappa shape index (κ3) is 11.5. The van der Waals surface area contributed by atoms with Crippen LogP contribution in [-0.2, 0) is 4.79 Å². The van der Waals surface area contributed by atoms with Crippen molar-refractivity contribution in [3.8, 4) is 0 Å². The highest BCUT2D eigenvalue weighted by molar-refractivity contribution is 5.66. The van der Waals surface area contributed by atoms with E-state index in [1.807, 2.05) is 0 Å². The fourth-order valence-electron chi connectivity index (χ4n) is 3.03. The lowest BCUT2D eigenvalue weighted by Gasteiger charge is -2.13. The van der Waals surface area contributed by atoms with Gasteiger partial charge in [-0.25, -0.2) is 0 Å². The summed E-state index contributed by atoms with van der Waals surface area (Å²) in [6.07, 6.45) is 13.5. The van der Waals surface area contributed by atoms with E-state index in [0.717, 1.165) is 19.3 Å². The molecular formula is C22H40O2. The van der Waals surface area contributed by atoms with Gasteiger partial charge in [0.15, 0.2) is 0 Å². The van der Waals surface area contributed by atoms with Crippen LogP contribution < -0.4 is 0 Å². The van der Waals surface area contributed by atoms with Crippen LogP contribution in [0.5, 0.6) is 0 Å². The highest BCUT2D eigenvalue weighted by atomic mass is 16.4. The molecule has 0 aliphatic rings. The van der Waals surface area contributed by atoms with Gasteiger partial charge in [0.2, 0.25) is 0 Å². The van der Waals surface area contributed by atoms with Crippen molar-refractivity contribution >= 4 is 5.97 Å². The minimum atomic E-state index is -0.670. The number of hydrogen-bond donors (Lipinski definition) is 1. The molecule has 0 aliphatic carbocycles. The van der Waals surface area contributed by atoms with Gasteiger partial charge in [0.05, 0.1) is 0 Å². The van der Waals surface area contributed by atoms with E-state index in [2.05, 4.69) is 34.6 Å². The van der Waals surface area contributed by atoms with Crippen molar-refractivity contribution in [2.24, 2.45) is 0 Å². The Balaban J connectivity index is 4.13. The fraction of sp³-hybridized carbons (Fsp3) is 0.773. The number of aliphatic carboxylic acids is 1. The summed E-state index contributed by atoms with van der Waals surface area (Å²) in [6, 6.07) is 0. The van der Waals surface area contributed by atoms with Crippen LogP contribution in [0.2, 0.25) is 0 Å². The van der Waals surface area contributed by atoms with E-state index in [0.29, 0.717) is 6.42 Å². The van der Waals surface area contributed by atoms with Crippen molar-refractivity contribution in [3.05, 3.63) is 22.3 Å². The van der Waals surface area contributed by atoms with Gasteiger partial charge < -0.3 is 5.11 Å². The molecule has 2 nitrogen and oxygen atoms in total. The average Bonchev–Trinajstić information content (AvgIpc) is 2.55. The van der Waals surface area contributed by atoms with Gasteiger partial charge >= 0.3 is 5.97 Å². The van der Waals surface area contributed by atoms with Gasteiger partial charge in [0, 0.05) is 6.42 Å². The van der Waals surface area contributed by atoms with E-state index >= 15 is 0 Å². The van der Waals surface area contributed by atoms with E-state index in [1.54, 1.807) is 5.57 Å². The molecule has 140 valence electrons. The fourth-order valence-corrected chi connectivity index (χ4v) is 3.03. The quantitative estimate of drug-likeness (QED) is 0.264. The van der Waals surface area contributed by atoms with E-state index in [9.17, 15) is 4.79 Å². The zero-order chi connectivity index (χ0) is 18.4. The monoisotopic (exact) mass is 336 g/mol. The summed E-state index contributed by atoms with van der Waals surface area (Å²) in [5.74, 6) is -0.670. The van der Waals surface area contributed by atoms with Gasteiger partial charge in [-0.1, -0.05) is 56.6 Å². The van der Waals surface area contributed by atoms with E-state index < -0.39 is 5.97 Å². The van der Waals surface area contributed by atoms with Crippen molar-refractivity contribution in [3.63, 3.8) is 0 Å². The van der Waals surface area contributed by atoms with Gasteiger partial charge in [-0.3, -0.25) is 4.79 Å². The number of allylic oxidation sites excluding steroid dienone is 4. The molecule has 24 heavy (non-hydrogen) atoms. The molecular weight excluding hydrogens is 296 g/mol. The van der Waals surface area contributed by atoms with Gasteiger partial charge in [0.1, 0.15) is 0 Å². The molecule has 0 saturated carbocycles. The zero-order valence-electron chi connectivity index (χ0n) is 16.8. The van der Waals surface area contributed by atoms with Gasteiger partial charge in [0.25, 0.3) is 0 Å². The summed E-state index contributed by atoms with van der Waals surface area (Å²) in [4.78, 5) is 10.5. The van der Waals surface area contributed by atoms with E-state index in [-0.39, 0.29) is 0 Å². The summed E-state index contributed by atoms with van der Waals surface area (Å²) in [7, 11) is 0. The summed E-state index contributed by atoms with van der Waals surface area (Å²) < 4.78 is 0.